The van der Waals surface area contributed by atoms with Crippen LogP contribution in [0.25, 0.3) is 6.08 Å². The topological polar surface area (TPSA) is 38.8 Å². The predicted octanol–water partition coefficient (Wildman–Crippen LogP) is 1.57. The number of carbonyl (C=O) groups excluding carboxylic acids is 1. The van der Waals surface area contributed by atoms with Crippen molar-refractivity contribution in [1.29, 1.82) is 0 Å². The molecule has 0 aliphatic carbocycles. The molecule has 0 aromatic heterocycles. The second-order valence-corrected chi connectivity index (χ2v) is 4.05. The van der Waals surface area contributed by atoms with Gasteiger partial charge >= 0.3 is 0 Å². The Balaban J connectivity index is 1.98. The third-order valence-corrected chi connectivity index (χ3v) is 2.83. The summed E-state index contributed by atoms with van der Waals surface area (Å²) in [5.41, 5.74) is 0.955. The molecule has 1 saturated heterocycles. The highest BCUT2D eigenvalue weighted by molar-refractivity contribution is 5.91. The molecule has 96 valence electrons. The molecule has 2 rings (SSSR count). The first-order valence-electron chi connectivity index (χ1n) is 5.98. The predicted molar refractivity (Wildman–Crippen MR) is 69.4 cm³/mol. The summed E-state index contributed by atoms with van der Waals surface area (Å²) in [4.78, 5) is 13.7. The Morgan fingerprint density at radius 1 is 1.39 bits per heavy atom. The summed E-state index contributed by atoms with van der Waals surface area (Å²) in [6, 6.07) is 7.60. The molecule has 1 aliphatic rings. The van der Waals surface area contributed by atoms with Gasteiger partial charge in [-0.1, -0.05) is 12.1 Å². The lowest BCUT2D eigenvalue weighted by molar-refractivity contribution is -0.129. The molecule has 1 amide bonds. The summed E-state index contributed by atoms with van der Waals surface area (Å²) in [6.07, 6.45) is 3.40. The number of carbonyl (C=O) groups is 1. The Labute approximate surface area is 107 Å². The van der Waals surface area contributed by atoms with Crippen LogP contribution in [-0.4, -0.2) is 44.2 Å². The maximum atomic E-state index is 11.9. The molecule has 0 spiro atoms. The van der Waals surface area contributed by atoms with Gasteiger partial charge in [-0.15, -0.1) is 0 Å². The Bertz CT molecular complexity index is 436. The summed E-state index contributed by atoms with van der Waals surface area (Å²) in [6.45, 7) is 2.58. The Hall–Kier alpha value is -1.81. The fraction of sp³-hybridized carbons (Fsp3) is 0.357. The highest BCUT2D eigenvalue weighted by atomic mass is 16.5. The van der Waals surface area contributed by atoms with Gasteiger partial charge in [-0.25, -0.2) is 0 Å². The number of benzene rings is 1. The van der Waals surface area contributed by atoms with Crippen LogP contribution in [0.1, 0.15) is 5.56 Å². The summed E-state index contributed by atoms with van der Waals surface area (Å²) >= 11 is 0. The van der Waals surface area contributed by atoms with Crippen molar-refractivity contribution in [3.63, 3.8) is 0 Å². The van der Waals surface area contributed by atoms with E-state index in [2.05, 4.69) is 0 Å². The number of rotatable bonds is 3. The van der Waals surface area contributed by atoms with Crippen molar-refractivity contribution in [2.24, 2.45) is 0 Å². The zero-order valence-corrected chi connectivity index (χ0v) is 10.5. The van der Waals surface area contributed by atoms with E-state index in [1.807, 2.05) is 24.3 Å². The van der Waals surface area contributed by atoms with E-state index in [-0.39, 0.29) is 5.91 Å². The molecule has 0 radical (unpaired) electrons. The van der Waals surface area contributed by atoms with Crippen LogP contribution in [0.15, 0.2) is 30.3 Å². The van der Waals surface area contributed by atoms with Crippen molar-refractivity contribution < 1.29 is 14.3 Å². The molecule has 1 aromatic carbocycles. The van der Waals surface area contributed by atoms with Crippen LogP contribution < -0.4 is 4.74 Å². The van der Waals surface area contributed by atoms with Gasteiger partial charge in [-0.2, -0.15) is 0 Å². The number of hydrogen-bond acceptors (Lipinski definition) is 3. The number of amides is 1. The second kappa shape index (κ2) is 6.21. The molecule has 0 saturated carbocycles. The lowest BCUT2D eigenvalue weighted by Gasteiger charge is -2.25. The highest BCUT2D eigenvalue weighted by Crippen LogP contribution is 2.13. The average molecular weight is 247 g/mol. The summed E-state index contributed by atoms with van der Waals surface area (Å²) in [5, 5.41) is 0. The quantitative estimate of drug-likeness (QED) is 0.761. The maximum Gasteiger partial charge on any atom is 0.246 e. The van der Waals surface area contributed by atoms with E-state index in [9.17, 15) is 4.79 Å². The molecular weight excluding hydrogens is 230 g/mol. The van der Waals surface area contributed by atoms with Crippen molar-refractivity contribution >= 4 is 12.0 Å². The summed E-state index contributed by atoms with van der Waals surface area (Å²) < 4.78 is 10.3. The van der Waals surface area contributed by atoms with Crippen LogP contribution in [0, 0.1) is 0 Å². The molecule has 1 aliphatic heterocycles. The van der Waals surface area contributed by atoms with Crippen LogP contribution in [0.5, 0.6) is 5.75 Å². The lowest BCUT2D eigenvalue weighted by atomic mass is 10.2. The van der Waals surface area contributed by atoms with E-state index in [0.717, 1.165) is 11.3 Å². The molecule has 4 nitrogen and oxygen atoms in total. The van der Waals surface area contributed by atoms with Gasteiger partial charge in [0.15, 0.2) is 0 Å². The molecule has 0 atom stereocenters. The molecule has 1 fully saturated rings. The van der Waals surface area contributed by atoms with Gasteiger partial charge in [0.25, 0.3) is 0 Å². The van der Waals surface area contributed by atoms with E-state index in [4.69, 9.17) is 9.47 Å². The minimum Gasteiger partial charge on any atom is -0.497 e. The Morgan fingerprint density at radius 3 is 2.89 bits per heavy atom. The smallest absolute Gasteiger partial charge is 0.246 e. The van der Waals surface area contributed by atoms with Crippen molar-refractivity contribution in [3.8, 4) is 5.75 Å². The minimum atomic E-state index is 0.0288. The van der Waals surface area contributed by atoms with Gasteiger partial charge in [-0.05, 0) is 23.8 Å². The molecular formula is C14H17NO3. The van der Waals surface area contributed by atoms with Crippen molar-refractivity contribution in [1.82, 2.24) is 4.90 Å². The van der Waals surface area contributed by atoms with Gasteiger partial charge in [0.1, 0.15) is 5.75 Å². The third-order valence-electron chi connectivity index (χ3n) is 2.83. The highest BCUT2D eigenvalue weighted by Gasteiger charge is 2.13. The largest absolute Gasteiger partial charge is 0.497 e. The molecule has 0 bridgehead atoms. The molecule has 0 N–H and O–H groups in total. The van der Waals surface area contributed by atoms with Gasteiger partial charge in [0, 0.05) is 19.2 Å². The Morgan fingerprint density at radius 2 is 2.17 bits per heavy atom. The van der Waals surface area contributed by atoms with Gasteiger partial charge in [0.2, 0.25) is 5.91 Å². The van der Waals surface area contributed by atoms with Crippen LogP contribution in [0.2, 0.25) is 0 Å². The van der Waals surface area contributed by atoms with Gasteiger partial charge in [-0.3, -0.25) is 4.79 Å². The van der Waals surface area contributed by atoms with Crippen LogP contribution in [-0.2, 0) is 9.53 Å². The van der Waals surface area contributed by atoms with E-state index in [1.165, 1.54) is 0 Å². The monoisotopic (exact) mass is 247 g/mol. The van der Waals surface area contributed by atoms with Gasteiger partial charge < -0.3 is 14.4 Å². The van der Waals surface area contributed by atoms with Crippen LogP contribution in [0.4, 0.5) is 0 Å². The van der Waals surface area contributed by atoms with Crippen LogP contribution >= 0.6 is 0 Å². The fourth-order valence-electron chi connectivity index (χ4n) is 1.80. The standard InChI is InChI=1S/C14H17NO3/c1-17-13-4-2-3-12(11-13)5-6-14(16)15-7-9-18-10-8-15/h2-6,11H,7-10H2,1H3. The van der Waals surface area contributed by atoms with E-state index in [1.54, 1.807) is 24.2 Å². The normalized spacial score (nSPS) is 15.9. The van der Waals surface area contributed by atoms with Crippen molar-refractivity contribution in [3.05, 3.63) is 35.9 Å². The number of methoxy groups -OCH3 is 1. The molecule has 4 heteroatoms. The zero-order chi connectivity index (χ0) is 12.8. The average Bonchev–Trinajstić information content (AvgIpc) is 2.46. The van der Waals surface area contributed by atoms with E-state index >= 15 is 0 Å². The SMILES string of the molecule is COc1cccc(C=CC(=O)N2CCOCC2)c1. The first-order valence-corrected chi connectivity index (χ1v) is 5.98. The number of hydrogen-bond donors (Lipinski definition) is 0. The molecule has 1 heterocycles. The second-order valence-electron chi connectivity index (χ2n) is 4.05. The fourth-order valence-corrected chi connectivity index (χ4v) is 1.80. The molecule has 1 aromatic rings. The summed E-state index contributed by atoms with van der Waals surface area (Å²) in [5.74, 6) is 0.817. The first kappa shape index (κ1) is 12.6. The number of ether oxygens (including phenoxy) is 2. The van der Waals surface area contributed by atoms with Gasteiger partial charge in [0.05, 0.1) is 20.3 Å². The first-order chi connectivity index (χ1) is 8.79. The summed E-state index contributed by atoms with van der Waals surface area (Å²) in [7, 11) is 1.63. The molecule has 18 heavy (non-hydrogen) atoms. The third kappa shape index (κ3) is 3.34. The number of nitrogens with zero attached hydrogens (tertiary/aromatic N) is 1. The van der Waals surface area contributed by atoms with Crippen molar-refractivity contribution in [2.45, 2.75) is 0 Å². The zero-order valence-electron chi connectivity index (χ0n) is 10.5. The lowest BCUT2D eigenvalue weighted by Crippen LogP contribution is -2.39. The number of morpholine rings is 1. The van der Waals surface area contributed by atoms with Crippen LogP contribution in [0.3, 0.4) is 0 Å². The van der Waals surface area contributed by atoms with Crippen molar-refractivity contribution in [2.75, 3.05) is 33.4 Å². The Kier molecular flexibility index (Phi) is 4.36. The van der Waals surface area contributed by atoms with E-state index < -0.39 is 0 Å². The maximum absolute atomic E-state index is 11.9. The molecule has 0 unspecified atom stereocenters. The minimum absolute atomic E-state index is 0.0288. The van der Waals surface area contributed by atoms with E-state index in [0.29, 0.717) is 26.3 Å².